The normalized spacial score (nSPS) is 17.6. The molecule has 0 saturated carbocycles. The summed E-state index contributed by atoms with van der Waals surface area (Å²) in [4.78, 5) is 23.5. The highest BCUT2D eigenvalue weighted by Crippen LogP contribution is 2.30. The van der Waals surface area contributed by atoms with Gasteiger partial charge >= 0.3 is 0 Å². The molecule has 2 heterocycles. The molecule has 0 aliphatic carbocycles. The molecule has 1 N–H and O–H groups in total. The summed E-state index contributed by atoms with van der Waals surface area (Å²) in [5.74, 6) is 2.29. The van der Waals surface area contributed by atoms with Crippen LogP contribution in [0.2, 0.25) is 0 Å². The fraction of sp³-hybridized carbons (Fsp3) is 0.364. The highest BCUT2D eigenvalue weighted by atomic mass is 16.5. The van der Waals surface area contributed by atoms with Gasteiger partial charge in [-0.2, -0.15) is 0 Å². The Bertz CT molecular complexity index is 949. The first-order valence-electron chi connectivity index (χ1n) is 9.60. The average molecular weight is 379 g/mol. The number of para-hydroxylation sites is 2. The summed E-state index contributed by atoms with van der Waals surface area (Å²) in [5, 5.41) is 0. The maximum absolute atomic E-state index is 13.1. The molecular formula is C22H25N3O3. The largest absolute Gasteiger partial charge is 0.497 e. The van der Waals surface area contributed by atoms with Crippen LogP contribution in [0.1, 0.15) is 29.0 Å². The second-order valence-electron chi connectivity index (χ2n) is 7.21. The van der Waals surface area contributed by atoms with Gasteiger partial charge in [-0.1, -0.05) is 12.1 Å². The van der Waals surface area contributed by atoms with Crippen LogP contribution in [0.3, 0.4) is 0 Å². The van der Waals surface area contributed by atoms with Crippen molar-refractivity contribution in [1.29, 1.82) is 0 Å². The third-order valence-electron chi connectivity index (χ3n) is 5.36. The third kappa shape index (κ3) is 3.73. The lowest BCUT2D eigenvalue weighted by Gasteiger charge is -2.31. The SMILES string of the molecule is COc1ccc(C(=O)[C@@H]2CCCN(Cc3nc4ccccc4[nH]3)C2)c(OC)c1. The number of fused-ring (bicyclic) bond motifs is 1. The van der Waals surface area contributed by atoms with Gasteiger partial charge in [-0.3, -0.25) is 9.69 Å². The van der Waals surface area contributed by atoms with Crippen molar-refractivity contribution in [3.63, 3.8) is 0 Å². The Morgan fingerprint density at radius 3 is 2.86 bits per heavy atom. The molecule has 1 atom stereocenters. The molecule has 0 bridgehead atoms. The van der Waals surface area contributed by atoms with Gasteiger partial charge in [0.2, 0.25) is 0 Å². The predicted octanol–water partition coefficient (Wildman–Crippen LogP) is 3.68. The zero-order valence-electron chi connectivity index (χ0n) is 16.3. The van der Waals surface area contributed by atoms with Crippen LogP contribution in [0.15, 0.2) is 42.5 Å². The molecule has 1 aliphatic heterocycles. The minimum Gasteiger partial charge on any atom is -0.497 e. The van der Waals surface area contributed by atoms with Gasteiger partial charge in [-0.15, -0.1) is 0 Å². The number of hydrogen-bond donors (Lipinski definition) is 1. The number of hydrogen-bond acceptors (Lipinski definition) is 5. The number of carbonyl (C=O) groups is 1. The fourth-order valence-corrected chi connectivity index (χ4v) is 3.93. The topological polar surface area (TPSA) is 67.5 Å². The summed E-state index contributed by atoms with van der Waals surface area (Å²) < 4.78 is 10.7. The Morgan fingerprint density at radius 2 is 2.07 bits per heavy atom. The van der Waals surface area contributed by atoms with Crippen LogP contribution in [-0.2, 0) is 6.54 Å². The van der Waals surface area contributed by atoms with Gasteiger partial charge in [-0.25, -0.2) is 4.98 Å². The number of nitrogens with one attached hydrogen (secondary N) is 1. The van der Waals surface area contributed by atoms with Crippen molar-refractivity contribution >= 4 is 16.8 Å². The smallest absolute Gasteiger partial charge is 0.170 e. The summed E-state index contributed by atoms with van der Waals surface area (Å²) >= 11 is 0. The number of carbonyl (C=O) groups excluding carboxylic acids is 1. The molecule has 28 heavy (non-hydrogen) atoms. The number of benzene rings is 2. The van der Waals surface area contributed by atoms with Crippen molar-refractivity contribution in [2.75, 3.05) is 27.3 Å². The third-order valence-corrected chi connectivity index (χ3v) is 5.36. The maximum atomic E-state index is 13.1. The van der Waals surface area contributed by atoms with E-state index in [1.165, 1.54) is 0 Å². The van der Waals surface area contributed by atoms with Gasteiger partial charge in [-0.05, 0) is 43.7 Å². The summed E-state index contributed by atoms with van der Waals surface area (Å²) in [5.41, 5.74) is 2.65. The summed E-state index contributed by atoms with van der Waals surface area (Å²) in [6.45, 7) is 2.42. The van der Waals surface area contributed by atoms with Crippen molar-refractivity contribution < 1.29 is 14.3 Å². The number of ketones is 1. The zero-order chi connectivity index (χ0) is 19.5. The number of aromatic nitrogens is 2. The second kappa shape index (κ2) is 8.02. The molecule has 3 aromatic rings. The van der Waals surface area contributed by atoms with Crippen molar-refractivity contribution in [3.05, 3.63) is 53.9 Å². The Morgan fingerprint density at radius 1 is 1.21 bits per heavy atom. The van der Waals surface area contributed by atoms with E-state index < -0.39 is 0 Å². The highest BCUT2D eigenvalue weighted by molar-refractivity contribution is 6.00. The maximum Gasteiger partial charge on any atom is 0.170 e. The van der Waals surface area contributed by atoms with Gasteiger partial charge in [0.05, 0.1) is 37.4 Å². The Hall–Kier alpha value is -2.86. The Labute approximate surface area is 164 Å². The standard InChI is InChI=1S/C22H25N3O3/c1-27-16-9-10-17(20(12-16)28-2)22(26)15-6-5-11-25(13-15)14-21-23-18-7-3-4-8-19(18)24-21/h3-4,7-10,12,15H,5-6,11,13-14H2,1-2H3,(H,23,24)/t15-/m1/s1. The van der Waals surface area contributed by atoms with E-state index in [-0.39, 0.29) is 11.7 Å². The number of imidazole rings is 1. The summed E-state index contributed by atoms with van der Waals surface area (Å²) in [7, 11) is 3.19. The fourth-order valence-electron chi connectivity index (χ4n) is 3.93. The molecule has 0 spiro atoms. The minimum absolute atomic E-state index is 0.0413. The quantitative estimate of drug-likeness (QED) is 0.662. The lowest BCUT2D eigenvalue weighted by Crippen LogP contribution is -2.38. The van der Waals surface area contributed by atoms with Crippen LogP contribution in [0.25, 0.3) is 11.0 Å². The molecule has 6 heteroatoms. The minimum atomic E-state index is -0.0413. The number of aromatic amines is 1. The first-order valence-corrected chi connectivity index (χ1v) is 9.60. The number of methoxy groups -OCH3 is 2. The molecule has 2 aromatic carbocycles. The van der Waals surface area contributed by atoms with Gasteiger partial charge in [0, 0.05) is 18.5 Å². The molecule has 1 saturated heterocycles. The van der Waals surface area contributed by atoms with Crippen LogP contribution >= 0.6 is 0 Å². The Kier molecular flexibility index (Phi) is 5.30. The van der Waals surface area contributed by atoms with Crippen LogP contribution in [0.4, 0.5) is 0 Å². The van der Waals surface area contributed by atoms with E-state index in [9.17, 15) is 4.79 Å². The molecule has 1 aliphatic rings. The number of rotatable bonds is 6. The number of Topliss-reactive ketones (excluding diaryl/α,β-unsaturated/α-hetero) is 1. The molecule has 0 amide bonds. The molecule has 6 nitrogen and oxygen atoms in total. The number of piperidine rings is 1. The number of likely N-dealkylation sites (tertiary alicyclic amines) is 1. The summed E-state index contributed by atoms with van der Waals surface area (Å²) in [6, 6.07) is 13.4. The molecule has 0 unspecified atom stereocenters. The van der Waals surface area contributed by atoms with Gasteiger partial charge < -0.3 is 14.5 Å². The molecule has 146 valence electrons. The Balaban J connectivity index is 1.48. The van der Waals surface area contributed by atoms with E-state index >= 15 is 0 Å². The van der Waals surface area contributed by atoms with Crippen molar-refractivity contribution in [2.24, 2.45) is 5.92 Å². The van der Waals surface area contributed by atoms with Crippen LogP contribution in [0.5, 0.6) is 11.5 Å². The van der Waals surface area contributed by atoms with E-state index in [1.54, 1.807) is 26.4 Å². The van der Waals surface area contributed by atoms with Crippen LogP contribution in [-0.4, -0.2) is 48.0 Å². The molecule has 0 radical (unpaired) electrons. The monoisotopic (exact) mass is 379 g/mol. The van der Waals surface area contributed by atoms with Gasteiger partial charge in [0.25, 0.3) is 0 Å². The van der Waals surface area contributed by atoms with Crippen molar-refractivity contribution in [3.8, 4) is 11.5 Å². The van der Waals surface area contributed by atoms with Crippen molar-refractivity contribution in [2.45, 2.75) is 19.4 Å². The average Bonchev–Trinajstić information content (AvgIpc) is 3.15. The first kappa shape index (κ1) is 18.5. The lowest BCUT2D eigenvalue weighted by atomic mass is 9.89. The number of ether oxygens (including phenoxy) is 2. The van der Waals surface area contributed by atoms with E-state index in [1.807, 2.05) is 30.3 Å². The highest BCUT2D eigenvalue weighted by Gasteiger charge is 2.29. The second-order valence-corrected chi connectivity index (χ2v) is 7.21. The summed E-state index contributed by atoms with van der Waals surface area (Å²) in [6.07, 6.45) is 1.89. The lowest BCUT2D eigenvalue weighted by molar-refractivity contribution is 0.0805. The molecule has 4 rings (SSSR count). The molecule has 1 aromatic heterocycles. The van der Waals surface area contributed by atoms with E-state index in [4.69, 9.17) is 9.47 Å². The predicted molar refractivity (Wildman–Crippen MR) is 108 cm³/mol. The van der Waals surface area contributed by atoms with Crippen LogP contribution < -0.4 is 9.47 Å². The number of nitrogens with zero attached hydrogens (tertiary/aromatic N) is 2. The van der Waals surface area contributed by atoms with Gasteiger partial charge in [0.15, 0.2) is 5.78 Å². The number of H-pyrrole nitrogens is 1. The molecule has 1 fully saturated rings. The zero-order valence-corrected chi connectivity index (χ0v) is 16.3. The first-order chi connectivity index (χ1) is 13.7. The van der Waals surface area contributed by atoms with Crippen molar-refractivity contribution in [1.82, 2.24) is 14.9 Å². The van der Waals surface area contributed by atoms with Gasteiger partial charge in [0.1, 0.15) is 17.3 Å². The van der Waals surface area contributed by atoms with E-state index in [0.29, 0.717) is 17.1 Å². The van der Waals surface area contributed by atoms with Crippen LogP contribution in [0, 0.1) is 5.92 Å². The molecular weight excluding hydrogens is 354 g/mol. The van der Waals surface area contributed by atoms with E-state index in [0.717, 1.165) is 49.3 Å². The van der Waals surface area contributed by atoms with E-state index in [2.05, 4.69) is 14.9 Å².